The molecule has 8 heteroatoms. The Hall–Kier alpha value is -3.42. The molecule has 1 aliphatic heterocycles. The summed E-state index contributed by atoms with van der Waals surface area (Å²) in [5.41, 5.74) is 0.936. The van der Waals surface area contributed by atoms with Crippen molar-refractivity contribution in [3.05, 3.63) is 42.0 Å². The Labute approximate surface area is 192 Å². The number of likely N-dealkylation sites (tertiary alicyclic amines) is 1. The molecular weight excluding hydrogens is 424 g/mol. The second-order valence-electron chi connectivity index (χ2n) is 8.72. The molecular formula is C25H28N2O6. The van der Waals surface area contributed by atoms with Gasteiger partial charge in [-0.25, -0.2) is 0 Å². The third-order valence-corrected chi connectivity index (χ3v) is 6.53. The summed E-state index contributed by atoms with van der Waals surface area (Å²) >= 11 is 0. The van der Waals surface area contributed by atoms with Gasteiger partial charge in [0, 0.05) is 13.6 Å². The number of nitrogens with zero attached hydrogens (tertiary/aromatic N) is 2. The average molecular weight is 453 g/mol. The van der Waals surface area contributed by atoms with Gasteiger partial charge in [0.05, 0.1) is 18.9 Å². The summed E-state index contributed by atoms with van der Waals surface area (Å²) in [6.07, 6.45) is 3.22. The molecule has 1 saturated heterocycles. The standard InChI is InChI=1S/C25H28N2O6/c1-26(13-16-7-8-18-12-19(32-2)10-9-17(18)11-16)22(28)15-33-23(29)14-27-24(30)20-5-3-4-6-21(20)25(27)31/h7-12,20-21H,3-6,13-15H2,1-2H3/t20-,21-/m1/s1. The second kappa shape index (κ2) is 9.60. The number of ether oxygens (including phenoxy) is 2. The van der Waals surface area contributed by atoms with Gasteiger partial charge in [-0.05, 0) is 47.4 Å². The first-order valence-corrected chi connectivity index (χ1v) is 11.2. The highest BCUT2D eigenvalue weighted by molar-refractivity contribution is 6.07. The minimum atomic E-state index is -0.753. The average Bonchev–Trinajstić information content (AvgIpc) is 3.07. The number of amides is 3. The van der Waals surface area contributed by atoms with Crippen LogP contribution in [0.4, 0.5) is 0 Å². The molecule has 2 aromatic carbocycles. The van der Waals surface area contributed by atoms with Gasteiger partial charge >= 0.3 is 5.97 Å². The highest BCUT2D eigenvalue weighted by Gasteiger charge is 2.48. The Morgan fingerprint density at radius 2 is 1.64 bits per heavy atom. The normalized spacial score (nSPS) is 20.0. The molecule has 0 spiro atoms. The highest BCUT2D eigenvalue weighted by atomic mass is 16.5. The molecule has 0 aromatic heterocycles. The summed E-state index contributed by atoms with van der Waals surface area (Å²) < 4.78 is 10.3. The van der Waals surface area contributed by atoms with Crippen LogP contribution in [0, 0.1) is 11.8 Å². The molecule has 1 saturated carbocycles. The predicted octanol–water partition coefficient (Wildman–Crippen LogP) is 2.53. The molecule has 174 valence electrons. The molecule has 1 heterocycles. The van der Waals surface area contributed by atoms with E-state index in [1.54, 1.807) is 14.2 Å². The fourth-order valence-electron chi connectivity index (χ4n) is 4.67. The van der Waals surface area contributed by atoms with Gasteiger partial charge < -0.3 is 14.4 Å². The van der Waals surface area contributed by atoms with Crippen molar-refractivity contribution in [1.29, 1.82) is 0 Å². The van der Waals surface area contributed by atoms with Gasteiger partial charge in [-0.3, -0.25) is 24.1 Å². The number of carbonyl (C=O) groups excluding carboxylic acids is 4. The van der Waals surface area contributed by atoms with E-state index in [0.29, 0.717) is 19.4 Å². The van der Waals surface area contributed by atoms with Crippen LogP contribution in [0.25, 0.3) is 10.8 Å². The zero-order valence-corrected chi connectivity index (χ0v) is 18.9. The summed E-state index contributed by atoms with van der Waals surface area (Å²) in [5.74, 6) is -1.55. The van der Waals surface area contributed by atoms with Crippen LogP contribution in [0.5, 0.6) is 5.75 Å². The number of methoxy groups -OCH3 is 1. The van der Waals surface area contributed by atoms with Crippen LogP contribution in [-0.2, 0) is 30.5 Å². The summed E-state index contributed by atoms with van der Waals surface area (Å²) in [6, 6.07) is 11.7. The van der Waals surface area contributed by atoms with E-state index in [9.17, 15) is 19.2 Å². The molecule has 33 heavy (non-hydrogen) atoms. The molecule has 0 unspecified atom stereocenters. The van der Waals surface area contributed by atoms with Crippen molar-refractivity contribution in [2.75, 3.05) is 27.3 Å². The van der Waals surface area contributed by atoms with Gasteiger partial charge in [0.15, 0.2) is 6.61 Å². The van der Waals surface area contributed by atoms with Gasteiger partial charge in [-0.15, -0.1) is 0 Å². The van der Waals surface area contributed by atoms with Gasteiger partial charge in [-0.2, -0.15) is 0 Å². The first kappa shape index (κ1) is 22.8. The van der Waals surface area contributed by atoms with Gasteiger partial charge in [-0.1, -0.05) is 31.0 Å². The number of hydrogen-bond donors (Lipinski definition) is 0. The first-order valence-electron chi connectivity index (χ1n) is 11.2. The highest BCUT2D eigenvalue weighted by Crippen LogP contribution is 2.37. The van der Waals surface area contributed by atoms with E-state index in [1.165, 1.54) is 4.90 Å². The number of carbonyl (C=O) groups is 4. The Kier molecular flexibility index (Phi) is 6.62. The van der Waals surface area contributed by atoms with Crippen LogP contribution >= 0.6 is 0 Å². The van der Waals surface area contributed by atoms with Crippen LogP contribution in [0.2, 0.25) is 0 Å². The zero-order chi connectivity index (χ0) is 23.5. The molecule has 2 aliphatic rings. The topological polar surface area (TPSA) is 93.2 Å². The second-order valence-corrected chi connectivity index (χ2v) is 8.72. The van der Waals surface area contributed by atoms with Gasteiger partial charge in [0.25, 0.3) is 5.91 Å². The van der Waals surface area contributed by atoms with Crippen LogP contribution in [0.1, 0.15) is 31.2 Å². The number of likely N-dealkylation sites (N-methyl/N-ethyl adjacent to an activating group) is 1. The van der Waals surface area contributed by atoms with Crippen molar-refractivity contribution < 1.29 is 28.7 Å². The SMILES string of the molecule is COc1ccc2cc(CN(C)C(=O)COC(=O)CN3C(=O)[C@@H]4CCCC[C@H]4C3=O)ccc2c1. The molecule has 0 bridgehead atoms. The lowest BCUT2D eigenvalue weighted by Gasteiger charge is -2.19. The summed E-state index contributed by atoms with van der Waals surface area (Å²) in [7, 11) is 3.25. The minimum absolute atomic E-state index is 0.293. The maximum absolute atomic E-state index is 12.5. The predicted molar refractivity (Wildman–Crippen MR) is 120 cm³/mol. The van der Waals surface area contributed by atoms with E-state index < -0.39 is 19.1 Å². The third-order valence-electron chi connectivity index (χ3n) is 6.53. The number of benzene rings is 2. The summed E-state index contributed by atoms with van der Waals surface area (Å²) in [4.78, 5) is 52.1. The fourth-order valence-corrected chi connectivity index (χ4v) is 4.67. The van der Waals surface area contributed by atoms with Gasteiger partial charge in [0.1, 0.15) is 12.3 Å². The molecule has 0 radical (unpaired) electrons. The number of fused-ring (bicyclic) bond motifs is 2. The van der Waals surface area contributed by atoms with Crippen LogP contribution in [0.15, 0.2) is 36.4 Å². The third kappa shape index (κ3) is 4.84. The molecule has 2 fully saturated rings. The van der Waals surface area contributed by atoms with E-state index in [0.717, 1.165) is 39.8 Å². The van der Waals surface area contributed by atoms with Gasteiger partial charge in [0.2, 0.25) is 11.8 Å². The van der Waals surface area contributed by atoms with Crippen LogP contribution in [0.3, 0.4) is 0 Å². The largest absolute Gasteiger partial charge is 0.497 e. The van der Waals surface area contributed by atoms with Crippen molar-refractivity contribution in [1.82, 2.24) is 9.80 Å². The van der Waals surface area contributed by atoms with E-state index in [1.807, 2.05) is 36.4 Å². The lowest BCUT2D eigenvalue weighted by molar-refractivity contribution is -0.156. The Morgan fingerprint density at radius 1 is 1.00 bits per heavy atom. The smallest absolute Gasteiger partial charge is 0.326 e. The number of hydrogen-bond acceptors (Lipinski definition) is 6. The van der Waals surface area contributed by atoms with Crippen molar-refractivity contribution in [2.45, 2.75) is 32.2 Å². The number of rotatable bonds is 7. The molecule has 8 nitrogen and oxygen atoms in total. The van der Waals surface area contributed by atoms with Crippen molar-refractivity contribution in [3.63, 3.8) is 0 Å². The van der Waals surface area contributed by atoms with E-state index in [-0.39, 0.29) is 29.6 Å². The minimum Gasteiger partial charge on any atom is -0.497 e. The fraction of sp³-hybridized carbons (Fsp3) is 0.440. The molecule has 3 amide bonds. The maximum atomic E-state index is 12.5. The maximum Gasteiger partial charge on any atom is 0.326 e. The Balaban J connectivity index is 1.28. The van der Waals surface area contributed by atoms with E-state index >= 15 is 0 Å². The summed E-state index contributed by atoms with van der Waals surface area (Å²) in [6.45, 7) is -0.524. The summed E-state index contributed by atoms with van der Waals surface area (Å²) in [5, 5.41) is 2.06. The quantitative estimate of drug-likeness (QED) is 0.473. The number of esters is 1. The Bertz CT molecular complexity index is 1070. The lowest BCUT2D eigenvalue weighted by atomic mass is 9.81. The monoisotopic (exact) mass is 452 g/mol. The Morgan fingerprint density at radius 3 is 2.30 bits per heavy atom. The number of imide groups is 1. The molecule has 0 N–H and O–H groups in total. The molecule has 4 rings (SSSR count). The lowest BCUT2D eigenvalue weighted by Crippen LogP contribution is -2.38. The van der Waals surface area contributed by atoms with E-state index in [4.69, 9.17) is 9.47 Å². The van der Waals surface area contributed by atoms with Crippen LogP contribution < -0.4 is 4.74 Å². The molecule has 2 aromatic rings. The van der Waals surface area contributed by atoms with Crippen molar-refractivity contribution in [3.8, 4) is 5.75 Å². The van der Waals surface area contributed by atoms with Crippen molar-refractivity contribution in [2.24, 2.45) is 11.8 Å². The molecule has 1 aliphatic carbocycles. The van der Waals surface area contributed by atoms with E-state index in [2.05, 4.69) is 0 Å². The zero-order valence-electron chi connectivity index (χ0n) is 18.9. The van der Waals surface area contributed by atoms with Crippen molar-refractivity contribution >= 4 is 34.5 Å². The first-order chi connectivity index (χ1) is 15.9. The van der Waals surface area contributed by atoms with Crippen LogP contribution in [-0.4, -0.2) is 60.8 Å². The molecule has 2 atom stereocenters.